The fourth-order valence-corrected chi connectivity index (χ4v) is 3.34. The Bertz CT molecular complexity index is 1070. The van der Waals surface area contributed by atoms with Crippen molar-refractivity contribution in [3.05, 3.63) is 74.5 Å². The van der Waals surface area contributed by atoms with E-state index in [1.54, 1.807) is 30.3 Å². The van der Waals surface area contributed by atoms with Crippen molar-refractivity contribution in [1.82, 2.24) is 10.6 Å². The lowest BCUT2D eigenvalue weighted by Crippen LogP contribution is -2.37. The van der Waals surface area contributed by atoms with Gasteiger partial charge in [0.2, 0.25) is 5.91 Å². The van der Waals surface area contributed by atoms with Gasteiger partial charge in [-0.15, -0.1) is 0 Å². The van der Waals surface area contributed by atoms with E-state index in [2.05, 4.69) is 38.5 Å². The molecule has 0 saturated heterocycles. The molecule has 1 heterocycles. The number of phenolic OH excluding ortho intramolecular Hbond substituents is 1. The molecule has 0 fully saturated rings. The zero-order valence-corrected chi connectivity index (χ0v) is 17.7. The zero-order valence-electron chi connectivity index (χ0n) is 14.8. The number of fused-ring (bicyclic) bond motifs is 1. The van der Waals surface area contributed by atoms with Crippen LogP contribution in [0.4, 0.5) is 5.69 Å². The number of carbonyl (C=O) groups is 3. The third-order valence-corrected chi connectivity index (χ3v) is 4.87. The number of halogens is 2. The van der Waals surface area contributed by atoms with Crippen LogP contribution in [0.5, 0.6) is 5.75 Å². The topological polar surface area (TPSA) is 108 Å². The van der Waals surface area contributed by atoms with Gasteiger partial charge in [-0.1, -0.05) is 17.7 Å². The molecule has 0 unspecified atom stereocenters. The summed E-state index contributed by atoms with van der Waals surface area (Å²) < 4.78 is 0.904. The summed E-state index contributed by atoms with van der Waals surface area (Å²) in [6, 6.07) is 10.0. The number of imide groups is 1. The molecule has 0 spiro atoms. The van der Waals surface area contributed by atoms with Crippen LogP contribution in [0.1, 0.15) is 21.5 Å². The van der Waals surface area contributed by atoms with Crippen LogP contribution in [0.25, 0.3) is 5.57 Å². The minimum Gasteiger partial charge on any atom is -0.506 e. The lowest BCUT2D eigenvalue weighted by molar-refractivity contribution is -0.115. The Morgan fingerprint density at radius 1 is 1.14 bits per heavy atom. The molecular formula is C20H15ClIN3O4. The molecule has 3 rings (SSSR count). The van der Waals surface area contributed by atoms with Crippen molar-refractivity contribution < 1.29 is 19.5 Å². The molecule has 148 valence electrons. The second-order valence-electron chi connectivity index (χ2n) is 6.05. The van der Waals surface area contributed by atoms with Crippen molar-refractivity contribution in [1.29, 1.82) is 0 Å². The first kappa shape index (κ1) is 20.9. The lowest BCUT2D eigenvalue weighted by atomic mass is 9.95. The first-order chi connectivity index (χ1) is 13.9. The van der Waals surface area contributed by atoms with Crippen LogP contribution in [-0.2, 0) is 16.1 Å². The number of rotatable bonds is 5. The van der Waals surface area contributed by atoms with Crippen LogP contribution in [-0.4, -0.2) is 22.8 Å². The van der Waals surface area contributed by atoms with E-state index in [9.17, 15) is 19.5 Å². The van der Waals surface area contributed by atoms with Crippen molar-refractivity contribution >= 4 is 63.2 Å². The van der Waals surface area contributed by atoms with Gasteiger partial charge in [-0.05, 0) is 58.5 Å². The summed E-state index contributed by atoms with van der Waals surface area (Å²) in [5.41, 5.74) is 3.39. The number of anilines is 1. The average Bonchev–Trinajstić information content (AvgIpc) is 2.66. The Morgan fingerprint density at radius 3 is 2.66 bits per heavy atom. The highest BCUT2D eigenvalue weighted by Crippen LogP contribution is 2.26. The lowest BCUT2D eigenvalue weighted by Gasteiger charge is -2.18. The maximum absolute atomic E-state index is 12.2. The van der Waals surface area contributed by atoms with E-state index < -0.39 is 17.7 Å². The number of hydrogen-bond acceptors (Lipinski definition) is 5. The van der Waals surface area contributed by atoms with Gasteiger partial charge in [0.25, 0.3) is 11.8 Å². The first-order valence-electron chi connectivity index (χ1n) is 8.38. The highest BCUT2D eigenvalue weighted by molar-refractivity contribution is 14.1. The Morgan fingerprint density at radius 2 is 1.93 bits per heavy atom. The minimum atomic E-state index is -0.481. The third-order valence-electron chi connectivity index (χ3n) is 4.08. The zero-order chi connectivity index (χ0) is 21.0. The smallest absolute Gasteiger partial charge is 0.260 e. The standard InChI is InChI=1S/C20H15ClIN3O4/c21-6-5-18(27)24-16-4-1-11(7-17(16)26)9-23-10-15-14-8-12(22)2-3-13(14)19(28)25-20(15)29/h1-8,10,23,26H,9H2,(H,24,27)(H,25,28,29). The van der Waals surface area contributed by atoms with Crippen molar-refractivity contribution in [2.45, 2.75) is 6.54 Å². The molecule has 0 aliphatic carbocycles. The van der Waals surface area contributed by atoms with E-state index in [-0.39, 0.29) is 11.4 Å². The molecule has 29 heavy (non-hydrogen) atoms. The summed E-state index contributed by atoms with van der Waals surface area (Å²) in [6.07, 6.45) is 2.66. The molecule has 3 amide bonds. The third kappa shape index (κ3) is 4.96. The van der Waals surface area contributed by atoms with Crippen LogP contribution in [0.3, 0.4) is 0 Å². The molecule has 1 aliphatic rings. The predicted octanol–water partition coefficient (Wildman–Crippen LogP) is 3.09. The van der Waals surface area contributed by atoms with Crippen LogP contribution in [0.15, 0.2) is 54.2 Å². The Labute approximate surface area is 185 Å². The number of phenols is 1. The van der Waals surface area contributed by atoms with Gasteiger partial charge in [-0.3, -0.25) is 19.7 Å². The van der Waals surface area contributed by atoms with Gasteiger partial charge in [-0.25, -0.2) is 0 Å². The highest BCUT2D eigenvalue weighted by atomic mass is 127. The van der Waals surface area contributed by atoms with Crippen molar-refractivity contribution in [2.75, 3.05) is 5.32 Å². The summed E-state index contributed by atoms with van der Waals surface area (Å²) in [6.45, 7) is 0.313. The minimum absolute atomic E-state index is 0.103. The van der Waals surface area contributed by atoms with Gasteiger partial charge in [0.1, 0.15) is 5.75 Å². The Balaban J connectivity index is 1.74. The molecule has 0 bridgehead atoms. The van der Waals surface area contributed by atoms with Gasteiger partial charge in [0.05, 0.1) is 11.3 Å². The summed E-state index contributed by atoms with van der Waals surface area (Å²) in [7, 11) is 0. The molecule has 2 aromatic rings. The predicted molar refractivity (Wildman–Crippen MR) is 118 cm³/mol. The molecule has 0 radical (unpaired) electrons. The monoisotopic (exact) mass is 523 g/mol. The Hall–Kier alpha value is -2.85. The second kappa shape index (κ2) is 9.10. The van der Waals surface area contributed by atoms with Gasteiger partial charge in [0, 0.05) is 39.1 Å². The van der Waals surface area contributed by atoms with Crippen LogP contribution < -0.4 is 16.0 Å². The van der Waals surface area contributed by atoms with E-state index in [0.29, 0.717) is 23.2 Å². The second-order valence-corrected chi connectivity index (χ2v) is 7.54. The van der Waals surface area contributed by atoms with Crippen molar-refractivity contribution in [3.63, 3.8) is 0 Å². The molecule has 0 atom stereocenters. The first-order valence-corrected chi connectivity index (χ1v) is 9.89. The van der Waals surface area contributed by atoms with Crippen LogP contribution >= 0.6 is 34.2 Å². The number of benzene rings is 2. The summed E-state index contributed by atoms with van der Waals surface area (Å²) in [5, 5.41) is 17.9. The SMILES string of the molecule is O=C(C=CCl)Nc1ccc(CNC=C2C(=O)NC(=O)c3ccc(I)cc32)cc1O. The molecule has 9 heteroatoms. The van der Waals surface area contributed by atoms with E-state index in [1.807, 2.05) is 0 Å². The average molecular weight is 524 g/mol. The van der Waals surface area contributed by atoms with Crippen LogP contribution in [0.2, 0.25) is 0 Å². The Kier molecular flexibility index (Phi) is 6.55. The number of amides is 3. The molecular weight excluding hydrogens is 509 g/mol. The fourth-order valence-electron chi connectivity index (χ4n) is 2.74. The summed E-state index contributed by atoms with van der Waals surface area (Å²) in [5.74, 6) is -1.47. The molecule has 7 nitrogen and oxygen atoms in total. The molecule has 4 N–H and O–H groups in total. The summed E-state index contributed by atoms with van der Waals surface area (Å²) >= 11 is 7.46. The quantitative estimate of drug-likeness (QED) is 0.209. The maximum Gasteiger partial charge on any atom is 0.260 e. The van der Waals surface area contributed by atoms with E-state index in [4.69, 9.17) is 11.6 Å². The molecule has 2 aromatic carbocycles. The number of aromatic hydroxyl groups is 1. The number of hydrogen-bond donors (Lipinski definition) is 4. The van der Waals surface area contributed by atoms with E-state index in [1.165, 1.54) is 12.3 Å². The van der Waals surface area contributed by atoms with Gasteiger partial charge >= 0.3 is 0 Å². The molecule has 0 aromatic heterocycles. The largest absolute Gasteiger partial charge is 0.506 e. The highest BCUT2D eigenvalue weighted by Gasteiger charge is 2.27. The number of nitrogens with one attached hydrogen (secondary N) is 3. The number of carbonyl (C=O) groups excluding carboxylic acids is 3. The van der Waals surface area contributed by atoms with E-state index in [0.717, 1.165) is 20.7 Å². The maximum atomic E-state index is 12.2. The van der Waals surface area contributed by atoms with E-state index >= 15 is 0 Å². The van der Waals surface area contributed by atoms with Crippen LogP contribution in [0, 0.1) is 3.57 Å². The van der Waals surface area contributed by atoms with Gasteiger partial charge in [-0.2, -0.15) is 0 Å². The fraction of sp³-hybridized carbons (Fsp3) is 0.0500. The molecule has 0 saturated carbocycles. The van der Waals surface area contributed by atoms with Crippen molar-refractivity contribution in [3.8, 4) is 5.75 Å². The molecule has 1 aliphatic heterocycles. The normalized spacial score (nSPS) is 14.6. The van der Waals surface area contributed by atoms with Gasteiger partial charge < -0.3 is 15.7 Å². The summed E-state index contributed by atoms with van der Waals surface area (Å²) in [4.78, 5) is 35.7. The van der Waals surface area contributed by atoms with Gasteiger partial charge in [0.15, 0.2) is 0 Å². The van der Waals surface area contributed by atoms with Crippen molar-refractivity contribution in [2.24, 2.45) is 0 Å².